The van der Waals surface area contributed by atoms with Crippen molar-refractivity contribution in [2.24, 2.45) is 0 Å². The van der Waals surface area contributed by atoms with Gasteiger partial charge in [0.1, 0.15) is 12.2 Å². The quantitative estimate of drug-likeness (QED) is 0.462. The van der Waals surface area contributed by atoms with E-state index in [1.165, 1.54) is 0 Å². The van der Waals surface area contributed by atoms with Gasteiger partial charge in [-0.05, 0) is 0 Å². The zero-order chi connectivity index (χ0) is 8.31. The number of carboxylic acid groups (broad SMARTS) is 2. The van der Waals surface area contributed by atoms with Gasteiger partial charge in [-0.15, -0.1) is 0 Å². The molecule has 12 heavy (non-hydrogen) atoms. The van der Waals surface area contributed by atoms with Crippen molar-refractivity contribution in [2.45, 2.75) is 12.2 Å². The molecule has 0 aromatic heterocycles. The van der Waals surface area contributed by atoms with Gasteiger partial charge in [-0.1, -0.05) is 0 Å². The van der Waals surface area contributed by atoms with Crippen LogP contribution in [0.2, 0.25) is 0 Å². The third-order valence-electron chi connectivity index (χ3n) is 0.782. The monoisotopic (exact) mass is 227 g/mol. The van der Waals surface area contributed by atoms with Crippen LogP contribution < -0.4 is 39.8 Å². The zero-order valence-electron chi connectivity index (χ0n) is 6.04. The van der Waals surface area contributed by atoms with Crippen LogP contribution in [0.15, 0.2) is 0 Å². The number of rotatable bonds is 3. The molecule has 2 N–H and O–H groups in total. The minimum Gasteiger partial charge on any atom is -0.547 e. The van der Waals surface area contributed by atoms with E-state index in [4.69, 9.17) is 10.2 Å². The Labute approximate surface area is 100 Å². The Morgan fingerprint density at radius 1 is 1.00 bits per heavy atom. The number of hydrogen-bond acceptors (Lipinski definition) is 6. The molecule has 2 unspecified atom stereocenters. The molecule has 0 aliphatic rings. The van der Waals surface area contributed by atoms with Gasteiger partial charge in [0.05, 0.1) is 11.9 Å². The summed E-state index contributed by atoms with van der Waals surface area (Å²) in [5.41, 5.74) is 0. The van der Waals surface area contributed by atoms with Crippen LogP contribution in [0.3, 0.4) is 0 Å². The fourth-order valence-corrected chi connectivity index (χ4v) is 0.258. The SMILES string of the molecule is O=C([O-])C(O)C(O)C(=O)[O-].[Fe+2].[Na+]. The number of aliphatic carboxylic acids is 2. The summed E-state index contributed by atoms with van der Waals surface area (Å²) in [5.74, 6) is -4.12. The maximum absolute atomic E-state index is 9.63. The minimum absolute atomic E-state index is 0. The third-order valence-corrected chi connectivity index (χ3v) is 0.782. The van der Waals surface area contributed by atoms with Crippen molar-refractivity contribution in [3.8, 4) is 0 Å². The van der Waals surface area contributed by atoms with Crippen LogP contribution in [-0.4, -0.2) is 34.4 Å². The number of carbonyl (C=O) groups excluding carboxylic acids is 2. The van der Waals surface area contributed by atoms with Gasteiger partial charge in [-0.25, -0.2) is 0 Å². The molecular weight excluding hydrogens is 223 g/mol. The van der Waals surface area contributed by atoms with Crippen LogP contribution in [0, 0.1) is 0 Å². The molecule has 0 aliphatic heterocycles. The summed E-state index contributed by atoms with van der Waals surface area (Å²) in [7, 11) is 0. The molecule has 0 amide bonds. The van der Waals surface area contributed by atoms with Crippen molar-refractivity contribution < 1.29 is 76.6 Å². The van der Waals surface area contributed by atoms with Crippen LogP contribution in [0.25, 0.3) is 0 Å². The van der Waals surface area contributed by atoms with Crippen molar-refractivity contribution in [1.29, 1.82) is 0 Å². The Morgan fingerprint density at radius 2 is 1.17 bits per heavy atom. The van der Waals surface area contributed by atoms with Gasteiger partial charge >= 0.3 is 46.6 Å². The molecule has 0 radical (unpaired) electrons. The molecule has 0 saturated heterocycles. The largest absolute Gasteiger partial charge is 2.00 e. The molecule has 0 rings (SSSR count). The molecule has 0 aromatic rings. The summed E-state index contributed by atoms with van der Waals surface area (Å²) in [6.45, 7) is 0. The molecule has 0 heterocycles. The molecule has 0 aliphatic carbocycles. The first-order chi connectivity index (χ1) is 4.46. The van der Waals surface area contributed by atoms with E-state index in [9.17, 15) is 19.8 Å². The first kappa shape index (κ1) is 18.2. The van der Waals surface area contributed by atoms with Crippen LogP contribution in [-0.2, 0) is 26.7 Å². The van der Waals surface area contributed by atoms with E-state index in [0.29, 0.717) is 0 Å². The molecule has 6 nitrogen and oxygen atoms in total. The van der Waals surface area contributed by atoms with Crippen LogP contribution in [0.1, 0.15) is 0 Å². The van der Waals surface area contributed by atoms with Crippen molar-refractivity contribution in [1.82, 2.24) is 0 Å². The van der Waals surface area contributed by atoms with E-state index < -0.39 is 24.1 Å². The van der Waals surface area contributed by atoms with E-state index in [2.05, 4.69) is 0 Å². The van der Waals surface area contributed by atoms with Crippen LogP contribution in [0.4, 0.5) is 0 Å². The third kappa shape index (κ3) is 5.96. The topological polar surface area (TPSA) is 121 Å². The van der Waals surface area contributed by atoms with Gasteiger partial charge < -0.3 is 30.0 Å². The first-order valence-electron chi connectivity index (χ1n) is 2.24. The zero-order valence-corrected chi connectivity index (χ0v) is 9.14. The maximum Gasteiger partial charge on any atom is 2.00 e. The molecule has 64 valence electrons. The number of carboxylic acids is 2. The Kier molecular flexibility index (Phi) is 12.1. The van der Waals surface area contributed by atoms with E-state index in [-0.39, 0.29) is 46.6 Å². The van der Waals surface area contributed by atoms with Crippen LogP contribution in [0.5, 0.6) is 0 Å². The van der Waals surface area contributed by atoms with Crippen molar-refractivity contribution in [2.75, 3.05) is 0 Å². The predicted octanol–water partition coefficient (Wildman–Crippen LogP) is -7.79. The van der Waals surface area contributed by atoms with E-state index in [1.54, 1.807) is 0 Å². The Bertz CT molecular complexity index is 144. The smallest absolute Gasteiger partial charge is 0.547 e. The Balaban J connectivity index is -0.000000405. The van der Waals surface area contributed by atoms with Gasteiger partial charge in [-0.3, -0.25) is 0 Å². The predicted molar refractivity (Wildman–Crippen MR) is 22.0 cm³/mol. The van der Waals surface area contributed by atoms with Gasteiger partial charge in [0.25, 0.3) is 0 Å². The number of hydrogen-bond donors (Lipinski definition) is 2. The minimum atomic E-state index is -2.44. The molecule has 8 heteroatoms. The molecule has 0 aromatic carbocycles. The summed E-state index contributed by atoms with van der Waals surface area (Å²) in [6, 6.07) is 0. The fraction of sp³-hybridized carbons (Fsp3) is 0.500. The number of aliphatic hydroxyl groups excluding tert-OH is 2. The fourth-order valence-electron chi connectivity index (χ4n) is 0.258. The average Bonchev–Trinajstić information content (AvgIpc) is 1.84. The van der Waals surface area contributed by atoms with E-state index in [0.717, 1.165) is 0 Å². The summed E-state index contributed by atoms with van der Waals surface area (Å²) in [4.78, 5) is 19.3. The number of aliphatic hydroxyl groups is 2. The number of carbonyl (C=O) groups is 2. The first-order valence-corrected chi connectivity index (χ1v) is 2.24. The summed E-state index contributed by atoms with van der Waals surface area (Å²) in [5, 5.41) is 35.7. The molecule has 0 fully saturated rings. The van der Waals surface area contributed by atoms with Crippen molar-refractivity contribution in [3.63, 3.8) is 0 Å². The molecule has 0 spiro atoms. The summed E-state index contributed by atoms with van der Waals surface area (Å²) < 4.78 is 0. The van der Waals surface area contributed by atoms with Crippen molar-refractivity contribution >= 4 is 11.9 Å². The average molecular weight is 227 g/mol. The van der Waals surface area contributed by atoms with Gasteiger partial charge in [0.15, 0.2) is 0 Å². The normalized spacial score (nSPS) is 13.2. The Morgan fingerprint density at radius 3 is 1.25 bits per heavy atom. The van der Waals surface area contributed by atoms with Gasteiger partial charge in [0, 0.05) is 0 Å². The van der Waals surface area contributed by atoms with E-state index >= 15 is 0 Å². The second-order valence-electron chi connectivity index (χ2n) is 1.53. The standard InChI is InChI=1S/C4H6O6.Fe.Na/c5-1(3(7)8)2(6)4(9)10;;/h1-2,5-6H,(H,7,8)(H,9,10);;/q;+2;+1/p-2. The Hall–Kier alpha value is 0.379. The van der Waals surface area contributed by atoms with Gasteiger partial charge in [-0.2, -0.15) is 0 Å². The molecule has 0 bridgehead atoms. The second-order valence-corrected chi connectivity index (χ2v) is 1.53. The summed E-state index contributed by atoms with van der Waals surface area (Å²) in [6.07, 6.45) is -4.88. The second kappa shape index (κ2) is 8.00. The van der Waals surface area contributed by atoms with E-state index in [1.807, 2.05) is 0 Å². The molecule has 0 saturated carbocycles. The summed E-state index contributed by atoms with van der Waals surface area (Å²) >= 11 is 0. The van der Waals surface area contributed by atoms with Crippen molar-refractivity contribution in [3.05, 3.63) is 0 Å². The van der Waals surface area contributed by atoms with Gasteiger partial charge in [0.2, 0.25) is 0 Å². The maximum atomic E-state index is 9.63. The molecule has 2 atom stereocenters. The molecular formula is C4H4FeNaO6+. The van der Waals surface area contributed by atoms with Crippen LogP contribution >= 0.6 is 0 Å².